The average molecular weight is 401 g/mol. The number of rotatable bonds is 4. The van der Waals surface area contributed by atoms with Crippen LogP contribution in [0.4, 0.5) is 16.2 Å². The normalized spacial score (nSPS) is 10.4. The van der Waals surface area contributed by atoms with Gasteiger partial charge < -0.3 is 15.4 Å². The molecule has 0 fully saturated rings. The molecule has 3 aromatic rings. The maximum atomic E-state index is 12.2. The molecule has 0 aliphatic rings. The van der Waals surface area contributed by atoms with Gasteiger partial charge in [0.2, 0.25) is 0 Å². The molecule has 0 bridgehead atoms. The van der Waals surface area contributed by atoms with Crippen LogP contribution in [0.2, 0.25) is 0 Å². The Balaban J connectivity index is 1.75. The molecule has 0 radical (unpaired) electrons. The predicted molar refractivity (Wildman–Crippen MR) is 102 cm³/mol. The Hall–Kier alpha value is -2.80. The molecule has 0 atom stereocenters. The lowest BCUT2D eigenvalue weighted by Gasteiger charge is -2.10. The minimum Gasteiger partial charge on any atom is -0.497 e. The summed E-state index contributed by atoms with van der Waals surface area (Å²) in [5, 5.41) is 9.83. The van der Waals surface area contributed by atoms with Crippen molar-refractivity contribution in [1.29, 1.82) is 0 Å². The average Bonchev–Trinajstić information content (AvgIpc) is 2.93. The minimum absolute atomic E-state index is 0.325. The van der Waals surface area contributed by atoms with Gasteiger partial charge in [0.25, 0.3) is 0 Å². The maximum Gasteiger partial charge on any atom is 0.323 e. The van der Waals surface area contributed by atoms with Crippen LogP contribution in [0.3, 0.4) is 0 Å². The van der Waals surface area contributed by atoms with Gasteiger partial charge in [0.1, 0.15) is 5.75 Å². The van der Waals surface area contributed by atoms with Crippen molar-refractivity contribution < 1.29 is 9.53 Å². The van der Waals surface area contributed by atoms with E-state index in [9.17, 15) is 4.79 Å². The Kier molecular flexibility index (Phi) is 5.04. The summed E-state index contributed by atoms with van der Waals surface area (Å²) in [6.07, 6.45) is 1.74. The minimum atomic E-state index is -0.325. The second kappa shape index (κ2) is 7.40. The number of halogens is 1. The molecule has 0 saturated heterocycles. The van der Waals surface area contributed by atoms with E-state index in [2.05, 4.69) is 31.7 Å². The van der Waals surface area contributed by atoms with Crippen molar-refractivity contribution in [3.63, 3.8) is 0 Å². The molecule has 2 N–H and O–H groups in total. The predicted octanol–water partition coefficient (Wildman–Crippen LogP) is 4.50. The van der Waals surface area contributed by atoms with E-state index in [0.29, 0.717) is 17.1 Å². The van der Waals surface area contributed by atoms with Crippen molar-refractivity contribution in [1.82, 2.24) is 9.78 Å². The van der Waals surface area contributed by atoms with Crippen molar-refractivity contribution in [2.75, 3.05) is 17.7 Å². The lowest BCUT2D eigenvalue weighted by Crippen LogP contribution is -2.19. The number of anilines is 2. The van der Waals surface area contributed by atoms with Crippen molar-refractivity contribution in [2.24, 2.45) is 7.05 Å². The highest BCUT2D eigenvalue weighted by Crippen LogP contribution is 2.29. The Morgan fingerprint density at radius 2 is 1.80 bits per heavy atom. The van der Waals surface area contributed by atoms with Crippen LogP contribution in [-0.4, -0.2) is 22.9 Å². The van der Waals surface area contributed by atoms with Crippen LogP contribution in [0.5, 0.6) is 5.75 Å². The summed E-state index contributed by atoms with van der Waals surface area (Å²) >= 11 is 3.49. The van der Waals surface area contributed by atoms with Gasteiger partial charge in [-0.2, -0.15) is 5.10 Å². The molecule has 1 heterocycles. The van der Waals surface area contributed by atoms with Crippen molar-refractivity contribution in [2.45, 2.75) is 0 Å². The zero-order valence-electron chi connectivity index (χ0n) is 13.8. The molecule has 0 spiro atoms. The molecule has 0 unspecified atom stereocenters. The number of ether oxygens (including phenoxy) is 1. The Labute approximate surface area is 153 Å². The zero-order valence-corrected chi connectivity index (χ0v) is 15.4. The van der Waals surface area contributed by atoms with Gasteiger partial charge in [-0.1, -0.05) is 18.2 Å². The number of aryl methyl sites for hydroxylation is 1. The fraction of sp³-hybridized carbons (Fsp3) is 0.111. The summed E-state index contributed by atoms with van der Waals surface area (Å²) in [7, 11) is 3.46. The molecule has 2 aromatic carbocycles. The Morgan fingerprint density at radius 3 is 2.44 bits per heavy atom. The number of nitrogens with one attached hydrogen (secondary N) is 2. The molecule has 0 aliphatic heterocycles. The van der Waals surface area contributed by atoms with Crippen LogP contribution in [0.15, 0.2) is 59.2 Å². The summed E-state index contributed by atoms with van der Waals surface area (Å²) in [5.41, 5.74) is 3.23. The number of benzene rings is 2. The number of carbonyl (C=O) groups excluding carboxylic acids is 1. The molecule has 128 valence electrons. The third-order valence-corrected chi connectivity index (χ3v) is 4.20. The maximum absolute atomic E-state index is 12.2. The fourth-order valence-corrected chi connectivity index (χ4v) is 3.05. The summed E-state index contributed by atoms with van der Waals surface area (Å²) in [6.45, 7) is 0. The molecule has 7 heteroatoms. The highest BCUT2D eigenvalue weighted by molar-refractivity contribution is 9.10. The molecule has 1 aromatic heterocycles. The topological polar surface area (TPSA) is 68.2 Å². The number of hydrogen-bond acceptors (Lipinski definition) is 3. The van der Waals surface area contributed by atoms with Crippen LogP contribution >= 0.6 is 15.9 Å². The quantitative estimate of drug-likeness (QED) is 0.677. The van der Waals surface area contributed by atoms with E-state index >= 15 is 0 Å². The van der Waals surface area contributed by atoms with Gasteiger partial charge in [-0.3, -0.25) is 4.68 Å². The van der Waals surface area contributed by atoms with Gasteiger partial charge in [-0.25, -0.2) is 4.79 Å². The summed E-state index contributed by atoms with van der Waals surface area (Å²) in [6, 6.07) is 14.4. The number of amides is 2. The van der Waals surface area contributed by atoms with Gasteiger partial charge in [0, 0.05) is 30.1 Å². The van der Waals surface area contributed by atoms with Gasteiger partial charge in [-0.05, 0) is 40.2 Å². The number of aromatic nitrogens is 2. The number of nitrogens with zero attached hydrogens (tertiary/aromatic N) is 2. The van der Waals surface area contributed by atoms with Gasteiger partial charge in [0.15, 0.2) is 0 Å². The molecule has 0 aliphatic carbocycles. The van der Waals surface area contributed by atoms with Crippen molar-refractivity contribution >= 4 is 33.3 Å². The van der Waals surface area contributed by atoms with E-state index in [1.54, 1.807) is 30.1 Å². The van der Waals surface area contributed by atoms with E-state index in [4.69, 9.17) is 4.74 Å². The highest BCUT2D eigenvalue weighted by atomic mass is 79.9. The summed E-state index contributed by atoms with van der Waals surface area (Å²) in [5.74, 6) is 0.681. The molecular formula is C18H17BrN4O2. The molecular weight excluding hydrogens is 384 g/mol. The fourth-order valence-electron chi connectivity index (χ4n) is 2.47. The van der Waals surface area contributed by atoms with E-state index in [1.165, 1.54) is 0 Å². The Morgan fingerprint density at radius 1 is 1.12 bits per heavy atom. The molecule has 3 rings (SSSR count). The lowest BCUT2D eigenvalue weighted by molar-refractivity contribution is 0.262. The third kappa shape index (κ3) is 4.00. The molecule has 25 heavy (non-hydrogen) atoms. The number of urea groups is 1. The molecule has 0 saturated carbocycles. The second-order valence-corrected chi connectivity index (χ2v) is 6.21. The molecule has 6 nitrogen and oxygen atoms in total. The summed E-state index contributed by atoms with van der Waals surface area (Å²) in [4.78, 5) is 12.2. The smallest absolute Gasteiger partial charge is 0.323 e. The summed E-state index contributed by atoms with van der Waals surface area (Å²) < 4.78 is 7.82. The zero-order chi connectivity index (χ0) is 17.8. The van der Waals surface area contributed by atoms with Crippen molar-refractivity contribution in [3.05, 3.63) is 59.2 Å². The van der Waals surface area contributed by atoms with Gasteiger partial charge in [-0.15, -0.1) is 0 Å². The monoisotopic (exact) mass is 400 g/mol. The number of carbonyl (C=O) groups is 1. The standard InChI is InChI=1S/C18H17BrN4O2/c1-23-17(16(19)11-20-23)12-5-3-6-13(9-12)21-18(24)22-14-7-4-8-15(10-14)25-2/h3-11H,1-2H3,(H2,21,22,24). The first-order valence-corrected chi connectivity index (χ1v) is 8.36. The first kappa shape index (κ1) is 17.0. The van der Waals surface area contributed by atoms with Gasteiger partial charge >= 0.3 is 6.03 Å². The van der Waals surface area contributed by atoms with Gasteiger partial charge in [0.05, 0.1) is 23.5 Å². The second-order valence-electron chi connectivity index (χ2n) is 5.36. The number of hydrogen-bond donors (Lipinski definition) is 2. The van der Waals surface area contributed by atoms with Crippen LogP contribution in [0.1, 0.15) is 0 Å². The van der Waals surface area contributed by atoms with E-state index in [0.717, 1.165) is 15.7 Å². The number of methoxy groups -OCH3 is 1. The Bertz CT molecular complexity index is 888. The first-order valence-electron chi connectivity index (χ1n) is 7.57. The SMILES string of the molecule is COc1cccc(NC(=O)Nc2cccc(-c3c(Br)cnn3C)c2)c1. The van der Waals surface area contributed by atoms with Crippen molar-refractivity contribution in [3.8, 4) is 17.0 Å². The largest absolute Gasteiger partial charge is 0.497 e. The third-order valence-electron chi connectivity index (χ3n) is 3.62. The van der Waals surface area contributed by atoms with Crippen LogP contribution < -0.4 is 15.4 Å². The van der Waals surface area contributed by atoms with E-state index < -0.39 is 0 Å². The van der Waals surface area contributed by atoms with E-state index in [1.807, 2.05) is 43.4 Å². The van der Waals surface area contributed by atoms with Crippen LogP contribution in [0, 0.1) is 0 Å². The van der Waals surface area contributed by atoms with Crippen LogP contribution in [-0.2, 0) is 7.05 Å². The lowest BCUT2D eigenvalue weighted by atomic mass is 10.1. The first-order chi connectivity index (χ1) is 12.1. The van der Waals surface area contributed by atoms with Crippen LogP contribution in [0.25, 0.3) is 11.3 Å². The van der Waals surface area contributed by atoms with E-state index in [-0.39, 0.29) is 6.03 Å². The molecule has 2 amide bonds. The highest BCUT2D eigenvalue weighted by Gasteiger charge is 2.10.